The highest BCUT2D eigenvalue weighted by Gasteiger charge is 2.35. The molecule has 1 aliphatic carbocycles. The van der Waals surface area contributed by atoms with Crippen LogP contribution in [0, 0.1) is 13.8 Å². The molecule has 2 N–H and O–H groups in total. The van der Waals surface area contributed by atoms with E-state index in [-0.39, 0.29) is 39.1 Å². The Morgan fingerprint density at radius 2 is 0.800 bits per heavy atom. The minimum absolute atomic E-state index is 0.0346. The molecular weight excluding hydrogens is 919 g/mol. The van der Waals surface area contributed by atoms with Crippen molar-refractivity contribution in [2.45, 2.75) is 131 Å². The lowest BCUT2D eigenvalue weighted by atomic mass is 9.80. The first-order valence-corrected chi connectivity index (χ1v) is 26.9. The zero-order valence-corrected chi connectivity index (χ0v) is 46.7. The summed E-state index contributed by atoms with van der Waals surface area (Å²) in [5, 5.41) is 27.5. The summed E-state index contributed by atoms with van der Waals surface area (Å²) in [6.45, 7) is 32.0. The van der Waals surface area contributed by atoms with Gasteiger partial charge in [0.25, 0.3) is 0 Å². The fourth-order valence-corrected chi connectivity index (χ4v) is 11.2. The molecule has 0 aliphatic heterocycles. The van der Waals surface area contributed by atoms with E-state index in [4.69, 9.17) is 9.47 Å². The Hall–Kier alpha value is -7.24. The van der Waals surface area contributed by atoms with E-state index in [9.17, 15) is 10.2 Å². The molecule has 0 bridgehead atoms. The van der Waals surface area contributed by atoms with Gasteiger partial charge in [0.05, 0.1) is 29.9 Å². The van der Waals surface area contributed by atoms with Crippen LogP contribution in [0.25, 0.3) is 60.9 Å². The molecule has 0 atom stereocenters. The molecule has 8 aromatic carbocycles. The highest BCUT2D eigenvalue weighted by Crippen LogP contribution is 2.54. The zero-order valence-electron chi connectivity index (χ0n) is 46.7. The number of phenolic OH excluding ortho intramolecular Hbond substituents is 2. The van der Waals surface area contributed by atoms with Crippen molar-refractivity contribution in [3.63, 3.8) is 0 Å². The topological polar surface area (TPSA) is 63.9 Å². The predicted octanol–water partition coefficient (Wildman–Crippen LogP) is 18.3. The third kappa shape index (κ3) is 9.60. The van der Waals surface area contributed by atoms with Gasteiger partial charge in [-0.25, -0.2) is 0 Å². The van der Waals surface area contributed by atoms with Gasteiger partial charge in [0.1, 0.15) is 23.0 Å². The van der Waals surface area contributed by atoms with E-state index in [1.807, 2.05) is 48.5 Å². The Bertz CT molecular complexity index is 3540. The van der Waals surface area contributed by atoms with Crippen molar-refractivity contribution < 1.29 is 19.7 Å². The third-order valence-electron chi connectivity index (χ3n) is 15.5. The van der Waals surface area contributed by atoms with Crippen molar-refractivity contribution in [1.82, 2.24) is 4.57 Å². The predicted molar refractivity (Wildman–Crippen MR) is 314 cm³/mol. The summed E-state index contributed by atoms with van der Waals surface area (Å²) < 4.78 is 15.5. The molecule has 0 amide bonds. The van der Waals surface area contributed by atoms with Crippen molar-refractivity contribution in [3.05, 3.63) is 196 Å². The van der Waals surface area contributed by atoms with Crippen LogP contribution in [0.5, 0.6) is 23.0 Å². The van der Waals surface area contributed by atoms with Gasteiger partial charge in [-0.3, -0.25) is 0 Å². The van der Waals surface area contributed by atoms with Gasteiger partial charge in [-0.05, 0) is 134 Å². The fourth-order valence-electron chi connectivity index (χ4n) is 11.2. The average Bonchev–Trinajstić information content (AvgIpc) is 3.85. The van der Waals surface area contributed by atoms with Gasteiger partial charge >= 0.3 is 0 Å². The largest absolute Gasteiger partial charge is 0.507 e. The van der Waals surface area contributed by atoms with Crippen LogP contribution in [0.4, 0.5) is 0 Å². The number of rotatable bonds is 10. The van der Waals surface area contributed by atoms with E-state index in [1.54, 1.807) is 0 Å². The van der Waals surface area contributed by atoms with Crippen LogP contribution >= 0.6 is 0 Å². The molecule has 9 aromatic rings. The number of nitrogens with zero attached hydrogens (tertiary/aromatic N) is 1. The Morgan fingerprint density at radius 1 is 0.400 bits per heavy atom. The standard InChI is InChI=1S/C70H75NO4/c1-42-34-56(65(72)58(36-42)64-54-38-44(67(3,4)5)24-28-48(54)49-29-25-45(39-55(49)64)68(6,7)8)52-20-15-17-22-62(52)74-32-19-33-75-63-23-18-16-21-53(63)57-35-43(2)37-61(66(57)73)71-59-40-46(69(9,10)11)26-30-50(59)51-31-27-47(41-60(51)71)70(12,13)14/h15-18,20-31,34-41,64,72-73H,19,32-33H2,1-14H3. The molecular formula is C70H75NO4. The van der Waals surface area contributed by atoms with Crippen molar-refractivity contribution in [2.75, 3.05) is 13.2 Å². The molecule has 0 fully saturated rings. The van der Waals surface area contributed by atoms with Gasteiger partial charge in [0, 0.05) is 50.9 Å². The Morgan fingerprint density at radius 3 is 1.25 bits per heavy atom. The highest BCUT2D eigenvalue weighted by molar-refractivity contribution is 6.10. The quantitative estimate of drug-likeness (QED) is 0.134. The molecule has 0 unspecified atom stereocenters. The Kier molecular flexibility index (Phi) is 12.9. The van der Waals surface area contributed by atoms with E-state index < -0.39 is 0 Å². The molecule has 0 saturated heterocycles. The molecule has 1 aromatic heterocycles. The maximum absolute atomic E-state index is 12.6. The van der Waals surface area contributed by atoms with Crippen LogP contribution in [0.2, 0.25) is 0 Å². The van der Waals surface area contributed by atoms with E-state index in [1.165, 1.54) is 44.5 Å². The summed E-state index contributed by atoms with van der Waals surface area (Å²) in [7, 11) is 0. The smallest absolute Gasteiger partial charge is 0.147 e. The number of benzene rings is 8. The summed E-state index contributed by atoms with van der Waals surface area (Å²) in [6, 6.07) is 51.8. The Balaban J connectivity index is 0.933. The van der Waals surface area contributed by atoms with Gasteiger partial charge in [0.2, 0.25) is 0 Å². The van der Waals surface area contributed by atoms with Gasteiger partial charge in [-0.1, -0.05) is 186 Å². The molecule has 5 nitrogen and oxygen atoms in total. The number of fused-ring (bicyclic) bond motifs is 6. The summed E-state index contributed by atoms with van der Waals surface area (Å²) in [5.41, 5.74) is 18.7. The van der Waals surface area contributed by atoms with Crippen LogP contribution in [0.3, 0.4) is 0 Å². The third-order valence-corrected chi connectivity index (χ3v) is 15.5. The van der Waals surface area contributed by atoms with Crippen molar-refractivity contribution in [3.8, 4) is 62.1 Å². The van der Waals surface area contributed by atoms with Crippen molar-refractivity contribution >= 4 is 21.8 Å². The number of aryl methyl sites for hydroxylation is 2. The number of ether oxygens (including phenoxy) is 2. The SMILES string of the molecule is Cc1cc(-c2ccccc2OCCCOc2ccccc2-c2cc(C)cc(-n3c4cc(C(C)(C)C)ccc4c4ccc(C(C)(C)C)cc43)c2O)c(O)c(C2c3cc(C(C)(C)C)ccc3-c3ccc(C(C)(C)C)cc32)c1. The summed E-state index contributed by atoms with van der Waals surface area (Å²) in [4.78, 5) is 0. The molecule has 1 aliphatic rings. The zero-order chi connectivity index (χ0) is 53.5. The first-order chi connectivity index (χ1) is 35.4. The van der Waals surface area contributed by atoms with Crippen molar-refractivity contribution in [1.29, 1.82) is 0 Å². The van der Waals surface area contributed by atoms with Gasteiger partial charge in [0.15, 0.2) is 0 Å². The minimum Gasteiger partial charge on any atom is -0.507 e. The van der Waals surface area contributed by atoms with Crippen LogP contribution in [0.15, 0.2) is 146 Å². The molecule has 0 radical (unpaired) electrons. The normalized spacial score (nSPS) is 13.1. The first kappa shape index (κ1) is 51.3. The molecule has 75 heavy (non-hydrogen) atoms. The fraction of sp³-hybridized carbons (Fsp3) is 0.314. The van der Waals surface area contributed by atoms with E-state index in [0.29, 0.717) is 36.7 Å². The highest BCUT2D eigenvalue weighted by atomic mass is 16.5. The molecule has 1 heterocycles. The Labute approximate surface area is 445 Å². The molecule has 0 spiro atoms. The molecule has 0 saturated carbocycles. The lowest BCUT2D eigenvalue weighted by Crippen LogP contribution is -2.13. The maximum atomic E-state index is 12.6. The van der Waals surface area contributed by atoms with Crippen molar-refractivity contribution in [2.24, 2.45) is 0 Å². The summed E-state index contributed by atoms with van der Waals surface area (Å²) >= 11 is 0. The van der Waals surface area contributed by atoms with Crippen LogP contribution in [0.1, 0.15) is 145 Å². The second-order valence-corrected chi connectivity index (χ2v) is 25.3. The number of aromatic nitrogens is 1. The first-order valence-electron chi connectivity index (χ1n) is 26.9. The maximum Gasteiger partial charge on any atom is 0.147 e. The van der Waals surface area contributed by atoms with Crippen LogP contribution in [-0.4, -0.2) is 28.0 Å². The van der Waals surface area contributed by atoms with Crippen LogP contribution < -0.4 is 9.47 Å². The minimum atomic E-state index is -0.142. The van der Waals surface area contributed by atoms with Gasteiger partial charge < -0.3 is 24.3 Å². The number of aromatic hydroxyl groups is 2. The number of phenols is 2. The molecule has 10 rings (SSSR count). The monoisotopic (exact) mass is 994 g/mol. The van der Waals surface area contributed by atoms with Gasteiger partial charge in [-0.15, -0.1) is 0 Å². The average molecular weight is 994 g/mol. The second-order valence-electron chi connectivity index (χ2n) is 25.3. The molecule has 5 heteroatoms. The number of para-hydroxylation sites is 2. The van der Waals surface area contributed by atoms with E-state index in [2.05, 4.69) is 199 Å². The lowest BCUT2D eigenvalue weighted by molar-refractivity contribution is 0.248. The van der Waals surface area contributed by atoms with Crippen LogP contribution in [-0.2, 0) is 21.7 Å². The summed E-state index contributed by atoms with van der Waals surface area (Å²) in [6.07, 6.45) is 0.605. The second kappa shape index (κ2) is 18.8. The van der Waals surface area contributed by atoms with Gasteiger partial charge in [-0.2, -0.15) is 0 Å². The summed E-state index contributed by atoms with van der Waals surface area (Å²) in [5.74, 6) is 1.72. The lowest BCUT2D eigenvalue weighted by Gasteiger charge is -2.24. The molecule has 384 valence electrons. The number of hydrogen-bond acceptors (Lipinski definition) is 4. The van der Waals surface area contributed by atoms with E-state index in [0.717, 1.165) is 60.9 Å². The number of hydrogen-bond donors (Lipinski definition) is 2. The van der Waals surface area contributed by atoms with E-state index >= 15 is 0 Å².